The van der Waals surface area contributed by atoms with Gasteiger partial charge in [0.15, 0.2) is 0 Å². The predicted molar refractivity (Wildman–Crippen MR) is 119 cm³/mol. The maximum Gasteiger partial charge on any atom is 0.213 e. The maximum atomic E-state index is 12.5. The van der Waals surface area contributed by atoms with Crippen molar-refractivity contribution in [3.8, 4) is 5.75 Å². The average molecular weight is 393 g/mol. The highest BCUT2D eigenvalue weighted by atomic mass is 16.5. The summed E-state index contributed by atoms with van der Waals surface area (Å²) in [5.41, 5.74) is 5.44. The van der Waals surface area contributed by atoms with Crippen LogP contribution in [0.4, 0.5) is 0 Å². The minimum atomic E-state index is -0.483. The van der Waals surface area contributed by atoms with Crippen LogP contribution < -0.4 is 4.74 Å². The summed E-state index contributed by atoms with van der Waals surface area (Å²) in [4.78, 5) is 14.2. The summed E-state index contributed by atoms with van der Waals surface area (Å²) in [5, 5.41) is 2.24. The van der Waals surface area contributed by atoms with Crippen molar-refractivity contribution >= 4 is 17.2 Å². The maximum absolute atomic E-state index is 12.5. The minimum absolute atomic E-state index is 0.232. The minimum Gasteiger partial charge on any atom is -0.466 e. The molecule has 0 saturated heterocycles. The highest BCUT2D eigenvalue weighted by molar-refractivity contribution is 5.89. The lowest BCUT2D eigenvalue weighted by Gasteiger charge is -2.42. The van der Waals surface area contributed by atoms with Crippen molar-refractivity contribution in [1.82, 2.24) is 4.90 Å². The largest absolute Gasteiger partial charge is 0.466 e. The number of hydrogen-bond donors (Lipinski definition) is 0. The number of aryl methyl sites for hydroxylation is 2. The van der Waals surface area contributed by atoms with Crippen molar-refractivity contribution in [2.75, 3.05) is 0 Å². The van der Waals surface area contributed by atoms with E-state index in [-0.39, 0.29) is 6.04 Å². The van der Waals surface area contributed by atoms with Crippen LogP contribution in [0.2, 0.25) is 0 Å². The molecule has 0 saturated carbocycles. The Morgan fingerprint density at radius 3 is 2.07 bits per heavy atom. The molecule has 0 unspecified atom stereocenters. The van der Waals surface area contributed by atoms with E-state index < -0.39 is 6.23 Å². The lowest BCUT2D eigenvalue weighted by atomic mass is 9.89. The third-order valence-corrected chi connectivity index (χ3v) is 5.89. The molecule has 0 bridgehead atoms. The monoisotopic (exact) mass is 393 g/mol. The zero-order valence-electron chi connectivity index (χ0n) is 17.1. The van der Waals surface area contributed by atoms with Crippen molar-refractivity contribution in [2.45, 2.75) is 26.1 Å². The molecule has 1 heterocycles. The number of nitrogens with zero attached hydrogens (tertiary/aromatic N) is 1. The van der Waals surface area contributed by atoms with Gasteiger partial charge in [-0.15, -0.1) is 0 Å². The van der Waals surface area contributed by atoms with E-state index in [0.29, 0.717) is 0 Å². The lowest BCUT2D eigenvalue weighted by Crippen LogP contribution is -2.39. The molecular weight excluding hydrogens is 370 g/mol. The summed E-state index contributed by atoms with van der Waals surface area (Å²) >= 11 is 0. The summed E-state index contributed by atoms with van der Waals surface area (Å²) in [6, 6.07) is 28.7. The molecule has 30 heavy (non-hydrogen) atoms. The van der Waals surface area contributed by atoms with E-state index in [2.05, 4.69) is 68.4 Å². The Hall–Kier alpha value is -3.59. The Bertz CT molecular complexity index is 1210. The number of carbonyl (C=O) groups excluding carboxylic acids is 1. The molecule has 0 aromatic heterocycles. The summed E-state index contributed by atoms with van der Waals surface area (Å²) in [7, 11) is 0. The molecule has 1 aliphatic rings. The molecule has 2 atom stereocenters. The second-order valence-corrected chi connectivity index (χ2v) is 7.95. The fourth-order valence-corrected chi connectivity index (χ4v) is 4.30. The van der Waals surface area contributed by atoms with Crippen LogP contribution in [-0.2, 0) is 4.79 Å². The van der Waals surface area contributed by atoms with Gasteiger partial charge in [-0.2, -0.15) is 0 Å². The molecule has 3 heteroatoms. The number of hydrogen-bond acceptors (Lipinski definition) is 2. The molecule has 0 aliphatic carbocycles. The number of carbonyl (C=O) groups is 1. The van der Waals surface area contributed by atoms with Crippen LogP contribution in [0.15, 0.2) is 84.9 Å². The molecule has 5 rings (SSSR count). The van der Waals surface area contributed by atoms with E-state index in [1.54, 1.807) is 4.90 Å². The first-order valence-corrected chi connectivity index (χ1v) is 10.2. The smallest absolute Gasteiger partial charge is 0.213 e. The van der Waals surface area contributed by atoms with Crippen molar-refractivity contribution in [1.29, 1.82) is 0 Å². The molecule has 0 fully saturated rings. The first-order chi connectivity index (χ1) is 14.7. The van der Waals surface area contributed by atoms with Crippen molar-refractivity contribution in [3.05, 3.63) is 113 Å². The summed E-state index contributed by atoms with van der Waals surface area (Å²) in [6.45, 7) is 4.13. The fraction of sp³-hybridized carbons (Fsp3) is 0.148. The zero-order chi connectivity index (χ0) is 20.7. The Balaban J connectivity index is 1.76. The van der Waals surface area contributed by atoms with Crippen LogP contribution in [0.5, 0.6) is 5.75 Å². The van der Waals surface area contributed by atoms with Crippen LogP contribution >= 0.6 is 0 Å². The van der Waals surface area contributed by atoms with Gasteiger partial charge in [0.05, 0.1) is 6.04 Å². The fourth-order valence-electron chi connectivity index (χ4n) is 4.30. The number of amides is 1. The van der Waals surface area contributed by atoms with E-state index in [0.717, 1.165) is 39.6 Å². The van der Waals surface area contributed by atoms with E-state index in [4.69, 9.17) is 4.74 Å². The molecule has 148 valence electrons. The first kappa shape index (κ1) is 18.4. The highest BCUT2D eigenvalue weighted by Gasteiger charge is 2.38. The van der Waals surface area contributed by atoms with Gasteiger partial charge in [0.25, 0.3) is 0 Å². The summed E-state index contributed by atoms with van der Waals surface area (Å²) in [6.07, 6.45) is 0.433. The molecule has 0 spiro atoms. The molecule has 4 aromatic carbocycles. The van der Waals surface area contributed by atoms with Crippen molar-refractivity contribution in [3.63, 3.8) is 0 Å². The zero-order valence-corrected chi connectivity index (χ0v) is 17.1. The Morgan fingerprint density at radius 2 is 1.40 bits per heavy atom. The van der Waals surface area contributed by atoms with Gasteiger partial charge in [0, 0.05) is 11.1 Å². The van der Waals surface area contributed by atoms with E-state index in [1.165, 1.54) is 11.1 Å². The lowest BCUT2D eigenvalue weighted by molar-refractivity contribution is -0.131. The normalized spacial score (nSPS) is 18.0. The van der Waals surface area contributed by atoms with Crippen LogP contribution in [0.3, 0.4) is 0 Å². The van der Waals surface area contributed by atoms with E-state index >= 15 is 0 Å². The van der Waals surface area contributed by atoms with Gasteiger partial charge in [-0.05, 0) is 36.2 Å². The van der Waals surface area contributed by atoms with Gasteiger partial charge in [-0.3, -0.25) is 9.69 Å². The summed E-state index contributed by atoms with van der Waals surface area (Å²) < 4.78 is 6.44. The van der Waals surface area contributed by atoms with Crippen LogP contribution in [0.1, 0.15) is 40.1 Å². The van der Waals surface area contributed by atoms with Gasteiger partial charge in [0.1, 0.15) is 5.75 Å². The second-order valence-electron chi connectivity index (χ2n) is 7.95. The average Bonchev–Trinajstić information content (AvgIpc) is 2.79. The first-order valence-electron chi connectivity index (χ1n) is 10.2. The van der Waals surface area contributed by atoms with Crippen LogP contribution in [-0.4, -0.2) is 11.3 Å². The van der Waals surface area contributed by atoms with Gasteiger partial charge in [-0.25, -0.2) is 0 Å². The highest BCUT2D eigenvalue weighted by Crippen LogP contribution is 2.47. The topological polar surface area (TPSA) is 29.5 Å². The van der Waals surface area contributed by atoms with Gasteiger partial charge >= 0.3 is 0 Å². The van der Waals surface area contributed by atoms with E-state index in [9.17, 15) is 4.79 Å². The third kappa shape index (κ3) is 3.03. The molecular formula is C27H23NO2. The standard InChI is InChI=1S/C27H23NO2/c1-18-7-11-21(12-8-18)26-25-23-6-4-3-5-20(23)15-16-24(25)30-27(28(26)17-29)22-13-9-19(2)10-14-22/h3-17,26-27H,1-2H3/t26-,27+/m1/s1. The van der Waals surface area contributed by atoms with E-state index in [1.807, 2.05) is 30.3 Å². The van der Waals surface area contributed by atoms with Crippen molar-refractivity contribution < 1.29 is 9.53 Å². The number of benzene rings is 4. The van der Waals surface area contributed by atoms with Gasteiger partial charge < -0.3 is 4.74 Å². The number of fused-ring (bicyclic) bond motifs is 3. The third-order valence-electron chi connectivity index (χ3n) is 5.89. The van der Waals surface area contributed by atoms with Crippen LogP contribution in [0, 0.1) is 13.8 Å². The van der Waals surface area contributed by atoms with Gasteiger partial charge in [0.2, 0.25) is 12.6 Å². The summed E-state index contributed by atoms with van der Waals surface area (Å²) in [5.74, 6) is 0.822. The second kappa shape index (κ2) is 7.34. The molecule has 1 amide bonds. The molecule has 3 nitrogen and oxygen atoms in total. The van der Waals surface area contributed by atoms with Crippen LogP contribution in [0.25, 0.3) is 10.8 Å². The molecule has 4 aromatic rings. The quantitative estimate of drug-likeness (QED) is 0.394. The Kier molecular flexibility index (Phi) is 4.51. The Labute approximate surface area is 176 Å². The number of ether oxygens (including phenoxy) is 1. The van der Waals surface area contributed by atoms with Crippen molar-refractivity contribution in [2.24, 2.45) is 0 Å². The molecule has 0 radical (unpaired) electrons. The predicted octanol–water partition coefficient (Wildman–Crippen LogP) is 6.10. The Morgan fingerprint density at radius 1 is 0.767 bits per heavy atom. The number of rotatable bonds is 3. The van der Waals surface area contributed by atoms with Gasteiger partial charge in [-0.1, -0.05) is 90.0 Å². The molecule has 0 N–H and O–H groups in total. The molecule has 1 aliphatic heterocycles. The SMILES string of the molecule is Cc1ccc([C@@H]2c3c(ccc4ccccc34)O[C@@H](c3ccc(C)cc3)N2C=O)cc1.